The number of aromatic nitrogens is 2. The SMILES string of the molecule is COC(=O)c1ccccc1NC(C)c1cc(C)cc2c(=O)cc(-c3ccc4cnncc4c3)oc12. The van der Waals surface area contributed by atoms with Crippen molar-refractivity contribution in [2.75, 3.05) is 12.4 Å². The highest BCUT2D eigenvalue weighted by atomic mass is 16.5. The van der Waals surface area contributed by atoms with Gasteiger partial charge < -0.3 is 14.5 Å². The largest absolute Gasteiger partial charge is 0.465 e. The molecule has 0 aliphatic rings. The Morgan fingerprint density at radius 1 is 1.00 bits per heavy atom. The van der Waals surface area contributed by atoms with Crippen LogP contribution in [0.4, 0.5) is 5.69 Å². The van der Waals surface area contributed by atoms with Gasteiger partial charge in [-0.05, 0) is 43.7 Å². The van der Waals surface area contributed by atoms with Crippen LogP contribution in [0.3, 0.4) is 0 Å². The number of hydrogen-bond acceptors (Lipinski definition) is 7. The van der Waals surface area contributed by atoms with Crippen LogP contribution in [-0.4, -0.2) is 23.3 Å². The van der Waals surface area contributed by atoms with Crippen molar-refractivity contribution in [3.63, 3.8) is 0 Å². The summed E-state index contributed by atoms with van der Waals surface area (Å²) < 4.78 is 11.3. The number of esters is 1. The third-order valence-corrected chi connectivity index (χ3v) is 6.00. The van der Waals surface area contributed by atoms with E-state index in [0.717, 1.165) is 27.5 Å². The molecule has 0 amide bonds. The average molecular weight is 466 g/mol. The predicted molar refractivity (Wildman–Crippen MR) is 136 cm³/mol. The van der Waals surface area contributed by atoms with Gasteiger partial charge in [-0.2, -0.15) is 10.2 Å². The minimum Gasteiger partial charge on any atom is -0.465 e. The summed E-state index contributed by atoms with van der Waals surface area (Å²) in [7, 11) is 1.35. The zero-order chi connectivity index (χ0) is 24.5. The van der Waals surface area contributed by atoms with Gasteiger partial charge in [0, 0.05) is 33.7 Å². The molecule has 35 heavy (non-hydrogen) atoms. The number of fused-ring (bicyclic) bond motifs is 2. The fraction of sp³-hybridized carbons (Fsp3) is 0.143. The molecule has 2 aromatic heterocycles. The van der Waals surface area contributed by atoms with Crippen molar-refractivity contribution in [1.29, 1.82) is 0 Å². The summed E-state index contributed by atoms with van der Waals surface area (Å²) in [4.78, 5) is 25.4. The number of nitrogens with zero attached hydrogens (tertiary/aromatic N) is 2. The smallest absolute Gasteiger partial charge is 0.339 e. The number of hydrogen-bond donors (Lipinski definition) is 1. The molecule has 7 nitrogen and oxygen atoms in total. The van der Waals surface area contributed by atoms with E-state index < -0.39 is 5.97 Å². The summed E-state index contributed by atoms with van der Waals surface area (Å²) in [5, 5.41) is 13.6. The Labute approximate surface area is 201 Å². The maximum absolute atomic E-state index is 13.1. The second-order valence-corrected chi connectivity index (χ2v) is 8.44. The summed E-state index contributed by atoms with van der Waals surface area (Å²) in [6.45, 7) is 3.90. The van der Waals surface area contributed by atoms with Crippen LogP contribution in [0.1, 0.15) is 34.5 Å². The molecule has 2 heterocycles. The molecule has 0 spiro atoms. The van der Waals surface area contributed by atoms with Crippen molar-refractivity contribution in [1.82, 2.24) is 10.2 Å². The van der Waals surface area contributed by atoms with E-state index in [1.54, 1.807) is 24.5 Å². The lowest BCUT2D eigenvalue weighted by Gasteiger charge is -2.19. The molecule has 0 aliphatic carbocycles. The molecule has 0 fully saturated rings. The zero-order valence-electron chi connectivity index (χ0n) is 19.5. The van der Waals surface area contributed by atoms with Crippen molar-refractivity contribution < 1.29 is 13.9 Å². The van der Waals surface area contributed by atoms with Gasteiger partial charge in [0.2, 0.25) is 0 Å². The van der Waals surface area contributed by atoms with E-state index in [9.17, 15) is 9.59 Å². The number of benzene rings is 3. The minimum atomic E-state index is -0.427. The quantitative estimate of drug-likeness (QED) is 0.334. The molecule has 1 unspecified atom stereocenters. The Balaban J connectivity index is 1.62. The standard InChI is InChI=1S/C28H23N3O4/c1-16-10-22(17(2)31-24-7-5-4-6-21(24)28(33)34-3)27-23(11-16)25(32)13-26(35-27)18-8-9-19-14-29-30-15-20(19)12-18/h4-15,17,31H,1-3H3. The predicted octanol–water partition coefficient (Wildman–Crippen LogP) is 5.67. The van der Waals surface area contributed by atoms with E-state index in [4.69, 9.17) is 9.15 Å². The first-order chi connectivity index (χ1) is 16.9. The van der Waals surface area contributed by atoms with Gasteiger partial charge in [-0.3, -0.25) is 4.79 Å². The van der Waals surface area contributed by atoms with Crippen LogP contribution < -0.4 is 10.7 Å². The number of carbonyl (C=O) groups excluding carboxylic acids is 1. The molecule has 174 valence electrons. The molecule has 0 radical (unpaired) electrons. The Morgan fingerprint density at radius 3 is 2.57 bits per heavy atom. The van der Waals surface area contributed by atoms with Crippen molar-refractivity contribution in [2.45, 2.75) is 19.9 Å². The van der Waals surface area contributed by atoms with Crippen molar-refractivity contribution in [3.05, 3.63) is 100.0 Å². The lowest BCUT2D eigenvalue weighted by atomic mass is 10.00. The molecule has 5 aromatic rings. The van der Waals surface area contributed by atoms with Gasteiger partial charge in [-0.15, -0.1) is 0 Å². The van der Waals surface area contributed by atoms with Crippen LogP contribution >= 0.6 is 0 Å². The van der Waals surface area contributed by atoms with Gasteiger partial charge in [0.25, 0.3) is 0 Å². The molecule has 0 saturated carbocycles. The van der Waals surface area contributed by atoms with Gasteiger partial charge >= 0.3 is 5.97 Å². The molecule has 3 aromatic carbocycles. The number of anilines is 1. The highest BCUT2D eigenvalue weighted by molar-refractivity contribution is 5.95. The molecule has 0 aliphatic heterocycles. The van der Waals surface area contributed by atoms with Crippen molar-refractivity contribution in [3.8, 4) is 11.3 Å². The lowest BCUT2D eigenvalue weighted by Crippen LogP contribution is -2.13. The van der Waals surface area contributed by atoms with Crippen LogP contribution in [0.25, 0.3) is 33.1 Å². The van der Waals surface area contributed by atoms with Gasteiger partial charge in [0.1, 0.15) is 11.3 Å². The maximum atomic E-state index is 13.1. The van der Waals surface area contributed by atoms with E-state index >= 15 is 0 Å². The first-order valence-electron chi connectivity index (χ1n) is 11.2. The number of rotatable bonds is 5. The summed E-state index contributed by atoms with van der Waals surface area (Å²) in [5.74, 6) is 0.0395. The molecule has 1 atom stereocenters. The first kappa shape index (κ1) is 22.3. The molecular weight excluding hydrogens is 442 g/mol. The molecule has 0 bridgehead atoms. The van der Waals surface area contributed by atoms with Crippen molar-refractivity contribution in [2.24, 2.45) is 0 Å². The fourth-order valence-electron chi connectivity index (χ4n) is 4.25. The highest BCUT2D eigenvalue weighted by Crippen LogP contribution is 2.32. The number of methoxy groups -OCH3 is 1. The molecule has 5 rings (SSSR count). The van der Waals surface area contributed by atoms with E-state index in [2.05, 4.69) is 15.5 Å². The normalized spacial score (nSPS) is 12.0. The summed E-state index contributed by atoms with van der Waals surface area (Å²) in [6.07, 6.45) is 3.37. The first-order valence-corrected chi connectivity index (χ1v) is 11.2. The van der Waals surface area contributed by atoms with Crippen LogP contribution in [0.15, 0.2) is 82.3 Å². The Kier molecular flexibility index (Phi) is 5.74. The molecule has 1 N–H and O–H groups in total. The molecule has 7 heteroatoms. The summed E-state index contributed by atoms with van der Waals surface area (Å²) in [6, 6.07) is 18.0. The summed E-state index contributed by atoms with van der Waals surface area (Å²) >= 11 is 0. The van der Waals surface area contributed by atoms with Gasteiger partial charge in [0.15, 0.2) is 5.43 Å². The van der Waals surface area contributed by atoms with E-state index in [0.29, 0.717) is 28.0 Å². The average Bonchev–Trinajstić information content (AvgIpc) is 2.88. The molecule has 0 saturated heterocycles. The van der Waals surface area contributed by atoms with Crippen LogP contribution in [0.2, 0.25) is 0 Å². The third-order valence-electron chi connectivity index (χ3n) is 6.00. The fourth-order valence-corrected chi connectivity index (χ4v) is 4.25. The lowest BCUT2D eigenvalue weighted by molar-refractivity contribution is 0.0602. The number of para-hydroxylation sites is 1. The van der Waals surface area contributed by atoms with Crippen LogP contribution in [-0.2, 0) is 4.74 Å². The van der Waals surface area contributed by atoms with Crippen LogP contribution in [0.5, 0.6) is 0 Å². The second kappa shape index (κ2) is 9.02. The summed E-state index contributed by atoms with van der Waals surface area (Å²) in [5.41, 5.74) is 3.96. The van der Waals surface area contributed by atoms with Gasteiger partial charge in [-0.25, -0.2) is 4.79 Å². The van der Waals surface area contributed by atoms with E-state index in [-0.39, 0.29) is 11.5 Å². The number of ether oxygens (including phenoxy) is 1. The number of aryl methyl sites for hydroxylation is 1. The molecular formula is C28H23N3O4. The van der Waals surface area contributed by atoms with E-state index in [1.807, 2.05) is 56.3 Å². The Hall–Kier alpha value is -4.52. The van der Waals surface area contributed by atoms with E-state index in [1.165, 1.54) is 13.2 Å². The zero-order valence-corrected chi connectivity index (χ0v) is 19.5. The second-order valence-electron chi connectivity index (χ2n) is 8.44. The number of nitrogens with one attached hydrogen (secondary N) is 1. The highest BCUT2D eigenvalue weighted by Gasteiger charge is 2.19. The Bertz CT molecular complexity index is 1640. The third kappa shape index (κ3) is 4.24. The monoisotopic (exact) mass is 465 g/mol. The topological polar surface area (TPSA) is 94.3 Å². The number of carbonyl (C=O) groups is 1. The maximum Gasteiger partial charge on any atom is 0.339 e. The van der Waals surface area contributed by atoms with Gasteiger partial charge in [0.05, 0.1) is 36.5 Å². The van der Waals surface area contributed by atoms with Crippen molar-refractivity contribution >= 4 is 33.4 Å². The van der Waals surface area contributed by atoms with Crippen LogP contribution in [0, 0.1) is 6.92 Å². The minimum absolute atomic E-state index is 0.124. The Morgan fingerprint density at radius 2 is 1.77 bits per heavy atom. The van der Waals surface area contributed by atoms with Gasteiger partial charge in [-0.1, -0.05) is 30.3 Å².